The minimum Gasteiger partial charge on any atom is -0.387 e. The van der Waals surface area contributed by atoms with E-state index in [1.54, 1.807) is 11.3 Å². The maximum absolute atomic E-state index is 12.4. The van der Waals surface area contributed by atoms with Crippen LogP contribution in [0.5, 0.6) is 0 Å². The fraction of sp³-hybridized carbons (Fsp3) is 0.560. The number of rotatable bonds is 6. The summed E-state index contributed by atoms with van der Waals surface area (Å²) in [7, 11) is 0. The standard InChI is InChI=1S/C25H36N2O2S/c1-14(2)22(26-12-20-16(4)11-17(5)27-25(20)29)21-13-30-24(18(21)6)23(28)19-9-7-15(3)8-10-19/h11,13,15,19,23,26,28H,7-10,12H2,1-6H3,(H,27,29). The van der Waals surface area contributed by atoms with Gasteiger partial charge in [-0.05, 0) is 76.5 Å². The summed E-state index contributed by atoms with van der Waals surface area (Å²) in [4.78, 5) is 16.4. The van der Waals surface area contributed by atoms with Crippen molar-refractivity contribution < 1.29 is 5.11 Å². The number of aryl methyl sites for hydroxylation is 2. The van der Waals surface area contributed by atoms with Crippen LogP contribution in [0.15, 0.2) is 21.8 Å². The van der Waals surface area contributed by atoms with Crippen LogP contribution < -0.4 is 10.9 Å². The van der Waals surface area contributed by atoms with Crippen LogP contribution in [-0.2, 0) is 6.54 Å². The first kappa shape index (κ1) is 22.8. The molecule has 0 spiro atoms. The highest BCUT2D eigenvalue weighted by Gasteiger charge is 2.28. The number of H-pyrrole nitrogens is 1. The Kier molecular flexibility index (Phi) is 7.25. The fourth-order valence-electron chi connectivity index (χ4n) is 4.60. The number of aromatic amines is 1. The minimum atomic E-state index is -0.378. The van der Waals surface area contributed by atoms with E-state index in [0.29, 0.717) is 12.5 Å². The summed E-state index contributed by atoms with van der Waals surface area (Å²) in [6.45, 7) is 13.0. The highest BCUT2D eigenvalue weighted by molar-refractivity contribution is 7.10. The van der Waals surface area contributed by atoms with Gasteiger partial charge in [-0.2, -0.15) is 0 Å². The van der Waals surface area contributed by atoms with E-state index < -0.39 is 0 Å². The summed E-state index contributed by atoms with van der Waals surface area (Å²) in [5.74, 6) is 1.14. The summed E-state index contributed by atoms with van der Waals surface area (Å²) in [5, 5.41) is 16.8. The lowest BCUT2D eigenvalue weighted by atomic mass is 9.79. The van der Waals surface area contributed by atoms with Gasteiger partial charge in [-0.1, -0.05) is 25.3 Å². The Labute approximate surface area is 184 Å². The van der Waals surface area contributed by atoms with Crippen LogP contribution in [0, 0.1) is 32.6 Å². The molecule has 1 aliphatic carbocycles. The Morgan fingerprint density at radius 1 is 1.23 bits per heavy atom. The van der Waals surface area contributed by atoms with Gasteiger partial charge in [0.2, 0.25) is 0 Å². The van der Waals surface area contributed by atoms with Gasteiger partial charge in [-0.3, -0.25) is 4.79 Å². The number of hydrogen-bond donors (Lipinski definition) is 3. The van der Waals surface area contributed by atoms with Gasteiger partial charge in [0, 0.05) is 39.3 Å². The van der Waals surface area contributed by atoms with Gasteiger partial charge in [-0.15, -0.1) is 11.3 Å². The van der Waals surface area contributed by atoms with E-state index in [1.165, 1.54) is 18.4 Å². The van der Waals surface area contributed by atoms with Crippen molar-refractivity contribution in [2.45, 2.75) is 79.9 Å². The third-order valence-corrected chi connectivity index (χ3v) is 7.71. The van der Waals surface area contributed by atoms with Gasteiger partial charge in [0.15, 0.2) is 0 Å². The third-order valence-electron chi connectivity index (χ3n) is 6.56. The summed E-state index contributed by atoms with van der Waals surface area (Å²) in [6, 6.07) is 2.01. The molecule has 1 aliphatic rings. The quantitative estimate of drug-likeness (QED) is 0.548. The molecule has 2 heterocycles. The molecule has 0 radical (unpaired) electrons. The van der Waals surface area contributed by atoms with E-state index in [1.807, 2.05) is 19.9 Å². The molecule has 1 fully saturated rings. The van der Waals surface area contributed by atoms with E-state index >= 15 is 0 Å². The summed E-state index contributed by atoms with van der Waals surface area (Å²) < 4.78 is 0. The Bertz CT molecular complexity index is 974. The Balaban J connectivity index is 1.81. The molecule has 1 saturated carbocycles. The first-order chi connectivity index (χ1) is 14.2. The highest BCUT2D eigenvalue weighted by atomic mass is 32.1. The number of thiophene rings is 1. The van der Waals surface area contributed by atoms with E-state index in [0.717, 1.165) is 57.3 Å². The monoisotopic (exact) mass is 428 g/mol. The number of aliphatic hydroxyl groups is 1. The van der Waals surface area contributed by atoms with Gasteiger partial charge >= 0.3 is 0 Å². The second kappa shape index (κ2) is 9.52. The number of allylic oxidation sites excluding steroid dienone is 1. The highest BCUT2D eigenvalue weighted by Crippen LogP contribution is 2.41. The van der Waals surface area contributed by atoms with E-state index in [2.05, 4.69) is 43.4 Å². The molecular formula is C25H36N2O2S. The van der Waals surface area contributed by atoms with Crippen molar-refractivity contribution in [1.82, 2.24) is 10.3 Å². The zero-order valence-corrected chi connectivity index (χ0v) is 20.0. The average Bonchev–Trinajstić information content (AvgIpc) is 3.04. The molecule has 0 saturated heterocycles. The number of aromatic nitrogens is 1. The predicted octanol–water partition coefficient (Wildman–Crippen LogP) is 5.76. The molecule has 3 rings (SSSR count). The van der Waals surface area contributed by atoms with Crippen molar-refractivity contribution in [3.05, 3.63) is 60.2 Å². The molecule has 5 heteroatoms. The molecule has 0 bridgehead atoms. The van der Waals surface area contributed by atoms with Gasteiger partial charge in [0.05, 0.1) is 6.10 Å². The van der Waals surface area contributed by atoms with Crippen LogP contribution in [0.1, 0.15) is 85.4 Å². The van der Waals surface area contributed by atoms with Gasteiger partial charge < -0.3 is 15.4 Å². The Hall–Kier alpha value is -1.85. The van der Waals surface area contributed by atoms with Crippen LogP contribution >= 0.6 is 11.3 Å². The molecule has 0 aliphatic heterocycles. The van der Waals surface area contributed by atoms with Crippen LogP contribution in [0.4, 0.5) is 0 Å². The molecule has 2 aromatic rings. The summed E-state index contributed by atoms with van der Waals surface area (Å²) in [5.41, 5.74) is 7.14. The van der Waals surface area contributed by atoms with E-state index in [9.17, 15) is 9.90 Å². The van der Waals surface area contributed by atoms with Gasteiger partial charge in [-0.25, -0.2) is 0 Å². The van der Waals surface area contributed by atoms with Crippen molar-refractivity contribution in [3.8, 4) is 0 Å². The van der Waals surface area contributed by atoms with E-state index in [-0.39, 0.29) is 11.7 Å². The second-order valence-electron chi connectivity index (χ2n) is 9.28. The molecule has 0 aromatic carbocycles. The van der Waals surface area contributed by atoms with Crippen molar-refractivity contribution >= 4 is 17.0 Å². The first-order valence-electron chi connectivity index (χ1n) is 11.1. The Morgan fingerprint density at radius 3 is 2.50 bits per heavy atom. The molecule has 1 unspecified atom stereocenters. The number of aliphatic hydroxyl groups excluding tert-OH is 1. The van der Waals surface area contributed by atoms with Crippen molar-refractivity contribution in [3.63, 3.8) is 0 Å². The van der Waals surface area contributed by atoms with Crippen molar-refractivity contribution in [1.29, 1.82) is 0 Å². The number of pyridine rings is 1. The molecule has 30 heavy (non-hydrogen) atoms. The molecule has 2 aromatic heterocycles. The molecule has 164 valence electrons. The average molecular weight is 429 g/mol. The largest absolute Gasteiger partial charge is 0.387 e. The first-order valence-corrected chi connectivity index (χ1v) is 11.9. The predicted molar refractivity (Wildman–Crippen MR) is 127 cm³/mol. The zero-order chi connectivity index (χ0) is 22.0. The smallest absolute Gasteiger partial charge is 0.253 e. The van der Waals surface area contributed by atoms with Gasteiger partial charge in [0.1, 0.15) is 0 Å². The zero-order valence-electron chi connectivity index (χ0n) is 19.2. The fourth-order valence-corrected chi connectivity index (χ4v) is 5.76. The third kappa shape index (κ3) is 4.89. The molecule has 4 nitrogen and oxygen atoms in total. The maximum atomic E-state index is 12.4. The van der Waals surface area contributed by atoms with Crippen LogP contribution in [-0.4, -0.2) is 10.1 Å². The Morgan fingerprint density at radius 2 is 1.90 bits per heavy atom. The second-order valence-corrected chi connectivity index (χ2v) is 10.2. The molecule has 0 amide bonds. The summed E-state index contributed by atoms with van der Waals surface area (Å²) >= 11 is 1.66. The lowest BCUT2D eigenvalue weighted by molar-refractivity contribution is 0.0780. The molecular weight excluding hydrogens is 392 g/mol. The molecule has 1 atom stereocenters. The van der Waals surface area contributed by atoms with Crippen molar-refractivity contribution in [2.75, 3.05) is 0 Å². The van der Waals surface area contributed by atoms with Crippen molar-refractivity contribution in [2.24, 2.45) is 11.8 Å². The summed E-state index contributed by atoms with van der Waals surface area (Å²) in [6.07, 6.45) is 4.27. The normalized spacial score (nSPS) is 20.1. The number of hydrogen-bond acceptors (Lipinski definition) is 4. The van der Waals surface area contributed by atoms with E-state index in [4.69, 9.17) is 0 Å². The molecule has 3 N–H and O–H groups in total. The SMILES string of the molecule is CC(C)=C(NCc1c(C)cc(C)[nH]c1=O)c1csc(C(O)C2CCC(C)CC2)c1C. The van der Waals surface area contributed by atoms with Crippen LogP contribution in [0.3, 0.4) is 0 Å². The maximum Gasteiger partial charge on any atom is 0.253 e. The number of nitrogens with one attached hydrogen (secondary N) is 2. The van der Waals surface area contributed by atoms with Crippen LogP contribution in [0.25, 0.3) is 5.70 Å². The topological polar surface area (TPSA) is 65.1 Å². The minimum absolute atomic E-state index is 0.0298. The van der Waals surface area contributed by atoms with Crippen LogP contribution in [0.2, 0.25) is 0 Å². The lowest BCUT2D eigenvalue weighted by Crippen LogP contribution is -2.23. The lowest BCUT2D eigenvalue weighted by Gasteiger charge is -2.29. The van der Waals surface area contributed by atoms with Gasteiger partial charge in [0.25, 0.3) is 5.56 Å².